The first-order chi connectivity index (χ1) is 16.0. The van der Waals surface area contributed by atoms with Crippen LogP contribution in [0.15, 0.2) is 12.1 Å². The number of carbonyl (C=O) groups is 1. The first-order valence-corrected chi connectivity index (χ1v) is 12.1. The largest absolute Gasteiger partial charge is 0.493 e. The number of amides is 1. The molecule has 3 saturated heterocycles. The fourth-order valence-electron chi connectivity index (χ4n) is 5.67. The zero-order chi connectivity index (χ0) is 22.9. The van der Waals surface area contributed by atoms with Crippen LogP contribution >= 0.6 is 0 Å². The maximum Gasteiger partial charge on any atom is 0.236 e. The summed E-state index contributed by atoms with van der Waals surface area (Å²) in [5.41, 5.74) is 0.939. The van der Waals surface area contributed by atoms with Crippen LogP contribution in [-0.4, -0.2) is 85.8 Å². The van der Waals surface area contributed by atoms with Gasteiger partial charge in [-0.05, 0) is 45.4 Å². The summed E-state index contributed by atoms with van der Waals surface area (Å²) in [6.07, 6.45) is 7.68. The van der Waals surface area contributed by atoms with Crippen LogP contribution in [0.5, 0.6) is 5.88 Å². The highest BCUT2D eigenvalue weighted by Crippen LogP contribution is 2.37. The minimum Gasteiger partial charge on any atom is -0.493 e. The van der Waals surface area contributed by atoms with Crippen molar-refractivity contribution in [3.63, 3.8) is 0 Å². The number of aryl methyl sites for hydroxylation is 1. The smallest absolute Gasteiger partial charge is 0.236 e. The van der Waals surface area contributed by atoms with Crippen molar-refractivity contribution in [2.45, 2.75) is 70.0 Å². The zero-order valence-electron chi connectivity index (χ0n) is 19.5. The number of aromatic nitrogens is 4. The fourth-order valence-corrected chi connectivity index (χ4v) is 5.67. The van der Waals surface area contributed by atoms with Crippen molar-refractivity contribution in [2.24, 2.45) is 0 Å². The maximum atomic E-state index is 12.8. The van der Waals surface area contributed by atoms with Gasteiger partial charge in [0.15, 0.2) is 5.82 Å². The van der Waals surface area contributed by atoms with Crippen molar-refractivity contribution in [1.82, 2.24) is 30.0 Å². The third kappa shape index (κ3) is 4.75. The van der Waals surface area contributed by atoms with Gasteiger partial charge in [-0.2, -0.15) is 15.1 Å². The summed E-state index contributed by atoms with van der Waals surface area (Å²) in [5.74, 6) is 1.86. The summed E-state index contributed by atoms with van der Waals surface area (Å²) < 4.78 is 0. The molecule has 0 radical (unpaired) electrons. The number of aromatic amines is 1. The molecule has 3 atom stereocenters. The zero-order valence-corrected chi connectivity index (χ0v) is 19.5. The van der Waals surface area contributed by atoms with E-state index in [2.05, 4.69) is 35.3 Å². The topological polar surface area (TPSA) is 114 Å². The Bertz CT molecular complexity index is 975. The normalized spacial score (nSPS) is 25.3. The predicted octanol–water partition coefficient (Wildman–Crippen LogP) is 2.40. The van der Waals surface area contributed by atoms with E-state index >= 15 is 0 Å². The molecule has 5 rings (SSSR count). The van der Waals surface area contributed by atoms with Gasteiger partial charge in [-0.1, -0.05) is 6.42 Å². The molecule has 2 aromatic heterocycles. The van der Waals surface area contributed by atoms with Gasteiger partial charge in [0.05, 0.1) is 6.54 Å². The van der Waals surface area contributed by atoms with Crippen LogP contribution < -0.4 is 10.2 Å². The van der Waals surface area contributed by atoms with Crippen LogP contribution in [0, 0.1) is 6.92 Å². The highest BCUT2D eigenvalue weighted by Gasteiger charge is 2.41. The number of carbonyl (C=O) groups excluding carboxylic acids is 1. The van der Waals surface area contributed by atoms with Gasteiger partial charge in [0, 0.05) is 56.1 Å². The molecule has 2 bridgehead atoms. The molecule has 3 aliphatic rings. The van der Waals surface area contributed by atoms with E-state index in [4.69, 9.17) is 0 Å². The van der Waals surface area contributed by atoms with Crippen LogP contribution in [-0.2, 0) is 4.79 Å². The predicted molar refractivity (Wildman–Crippen MR) is 126 cm³/mol. The molecule has 5 heterocycles. The van der Waals surface area contributed by atoms with E-state index in [0.717, 1.165) is 57.3 Å². The average Bonchev–Trinajstić information content (AvgIpc) is 3.45. The van der Waals surface area contributed by atoms with Crippen LogP contribution in [0.2, 0.25) is 0 Å². The molecule has 0 unspecified atom stereocenters. The molecule has 0 spiro atoms. The van der Waals surface area contributed by atoms with Crippen LogP contribution in [0.25, 0.3) is 0 Å². The number of likely N-dealkylation sites (tertiary alicyclic amines) is 1. The van der Waals surface area contributed by atoms with Gasteiger partial charge < -0.3 is 20.2 Å². The van der Waals surface area contributed by atoms with E-state index in [-0.39, 0.29) is 17.8 Å². The van der Waals surface area contributed by atoms with Crippen molar-refractivity contribution >= 4 is 23.5 Å². The molecule has 3 fully saturated rings. The standard InChI is InChI=1S/C23H34N8O2/c1-15-10-20(28-27-15)24-19-13-21(32)26-23(25-19)29(2)18-11-16-6-5-7-17(12-18)31(16)14-22(33)30-8-3-4-9-30/h10,13,16-18H,3-9,11-12,14H2,1-2H3,(H3,24,25,26,27,28,32)/t16-,17+,18-. The SMILES string of the molecule is Cc1cc(Nc2cc(O)nc(N(C)[C@@H]3C[C@H]4CCC[C@@H](C3)N4CC(=O)N3CCCC3)n2)n[nH]1. The second-order valence-corrected chi connectivity index (χ2v) is 9.71. The monoisotopic (exact) mass is 454 g/mol. The molecule has 3 aliphatic heterocycles. The second kappa shape index (κ2) is 9.17. The summed E-state index contributed by atoms with van der Waals surface area (Å²) in [4.78, 5) is 28.3. The third-order valence-corrected chi connectivity index (χ3v) is 7.40. The quantitative estimate of drug-likeness (QED) is 0.610. The van der Waals surface area contributed by atoms with Crippen molar-refractivity contribution in [1.29, 1.82) is 0 Å². The van der Waals surface area contributed by atoms with Gasteiger partial charge in [-0.15, -0.1) is 0 Å². The first kappa shape index (κ1) is 21.9. The lowest BCUT2D eigenvalue weighted by molar-refractivity contribution is -0.134. The van der Waals surface area contributed by atoms with E-state index in [9.17, 15) is 9.90 Å². The molecule has 10 nitrogen and oxygen atoms in total. The summed E-state index contributed by atoms with van der Waals surface area (Å²) >= 11 is 0. The van der Waals surface area contributed by atoms with Gasteiger partial charge in [0.25, 0.3) is 0 Å². The number of hydrogen-bond acceptors (Lipinski definition) is 8. The van der Waals surface area contributed by atoms with Crippen LogP contribution in [0.3, 0.4) is 0 Å². The molecule has 3 N–H and O–H groups in total. The second-order valence-electron chi connectivity index (χ2n) is 9.71. The number of aromatic hydroxyl groups is 1. The van der Waals surface area contributed by atoms with E-state index < -0.39 is 0 Å². The van der Waals surface area contributed by atoms with Crippen molar-refractivity contribution in [3.05, 3.63) is 17.8 Å². The van der Waals surface area contributed by atoms with Gasteiger partial charge in [-0.25, -0.2) is 0 Å². The van der Waals surface area contributed by atoms with Crippen LogP contribution in [0.4, 0.5) is 17.6 Å². The lowest BCUT2D eigenvalue weighted by atomic mass is 9.81. The van der Waals surface area contributed by atoms with Crippen molar-refractivity contribution in [3.8, 4) is 5.88 Å². The highest BCUT2D eigenvalue weighted by atomic mass is 16.3. The number of hydrogen-bond donors (Lipinski definition) is 3. The summed E-state index contributed by atoms with van der Waals surface area (Å²) in [7, 11) is 2.00. The number of H-pyrrole nitrogens is 1. The first-order valence-electron chi connectivity index (χ1n) is 12.1. The molecule has 2 aromatic rings. The molecular weight excluding hydrogens is 420 g/mol. The van der Waals surface area contributed by atoms with E-state index in [1.54, 1.807) is 0 Å². The summed E-state index contributed by atoms with van der Waals surface area (Å²) in [6, 6.07) is 4.45. The minimum absolute atomic E-state index is 0.0737. The number of fused-ring (bicyclic) bond motifs is 2. The lowest BCUT2D eigenvalue weighted by Crippen LogP contribution is -2.58. The fraction of sp³-hybridized carbons (Fsp3) is 0.652. The Kier molecular flexibility index (Phi) is 6.09. The molecule has 178 valence electrons. The number of rotatable bonds is 6. The van der Waals surface area contributed by atoms with Gasteiger partial charge in [0.1, 0.15) is 5.82 Å². The number of anilines is 3. The Balaban J connectivity index is 1.28. The van der Waals surface area contributed by atoms with Gasteiger partial charge in [0.2, 0.25) is 17.7 Å². The minimum atomic E-state index is -0.0737. The number of nitrogens with one attached hydrogen (secondary N) is 2. The molecular formula is C23H34N8O2. The molecule has 0 aliphatic carbocycles. The number of piperidine rings is 2. The van der Waals surface area contributed by atoms with Crippen molar-refractivity contribution in [2.75, 3.05) is 36.9 Å². The Morgan fingerprint density at radius 3 is 2.55 bits per heavy atom. The molecule has 10 heteroatoms. The van der Waals surface area contributed by atoms with Gasteiger partial charge in [-0.3, -0.25) is 14.8 Å². The van der Waals surface area contributed by atoms with E-state index in [1.165, 1.54) is 12.5 Å². The Labute approximate surface area is 194 Å². The van der Waals surface area contributed by atoms with E-state index in [0.29, 0.717) is 36.2 Å². The summed E-state index contributed by atoms with van der Waals surface area (Å²) in [6.45, 7) is 4.30. The maximum absolute atomic E-state index is 12.8. The highest BCUT2D eigenvalue weighted by molar-refractivity contribution is 5.78. The lowest BCUT2D eigenvalue weighted by Gasteiger charge is -2.50. The Morgan fingerprint density at radius 2 is 1.88 bits per heavy atom. The molecule has 1 amide bonds. The summed E-state index contributed by atoms with van der Waals surface area (Å²) in [5, 5.41) is 20.4. The molecule has 0 aromatic carbocycles. The van der Waals surface area contributed by atoms with Crippen molar-refractivity contribution < 1.29 is 9.90 Å². The van der Waals surface area contributed by atoms with E-state index in [1.807, 2.05) is 24.9 Å². The van der Waals surface area contributed by atoms with Crippen LogP contribution in [0.1, 0.15) is 50.6 Å². The molecule has 33 heavy (non-hydrogen) atoms. The Hall–Kier alpha value is -2.88. The average molecular weight is 455 g/mol. The Morgan fingerprint density at radius 1 is 1.15 bits per heavy atom. The number of nitrogens with zero attached hydrogens (tertiary/aromatic N) is 6. The third-order valence-electron chi connectivity index (χ3n) is 7.40. The van der Waals surface area contributed by atoms with Gasteiger partial charge >= 0.3 is 0 Å². The molecule has 0 saturated carbocycles.